The fourth-order valence-corrected chi connectivity index (χ4v) is 5.90. The van der Waals surface area contributed by atoms with E-state index in [0.717, 1.165) is 81.5 Å². The molecule has 0 aliphatic carbocycles. The van der Waals surface area contributed by atoms with Crippen molar-refractivity contribution in [3.8, 4) is 11.6 Å². The summed E-state index contributed by atoms with van der Waals surface area (Å²) in [6.07, 6.45) is 5.48. The average Bonchev–Trinajstić information content (AvgIpc) is 3.47. The van der Waals surface area contributed by atoms with Crippen molar-refractivity contribution in [2.45, 2.75) is 45.4 Å². The predicted octanol–water partition coefficient (Wildman–Crippen LogP) is 6.89. The number of carbonyl (C=O) groups is 1. The number of nitrogens with zero attached hydrogens (tertiary/aromatic N) is 3. The third-order valence-electron chi connectivity index (χ3n) is 7.37. The lowest BCUT2D eigenvalue weighted by atomic mass is 10.2. The van der Waals surface area contributed by atoms with E-state index in [4.69, 9.17) is 14.2 Å². The van der Waals surface area contributed by atoms with Gasteiger partial charge in [0.25, 0.3) is 0 Å². The maximum Gasteiger partial charge on any atom is 0.308 e. The number of hydrogen-bond acceptors (Lipinski definition) is 8. The van der Waals surface area contributed by atoms with Gasteiger partial charge in [-0.15, -0.1) is 11.3 Å². The van der Waals surface area contributed by atoms with Crippen molar-refractivity contribution >= 4 is 44.0 Å². The van der Waals surface area contributed by atoms with Crippen LogP contribution in [0.4, 0.5) is 5.69 Å². The summed E-state index contributed by atoms with van der Waals surface area (Å²) in [6, 6.07) is 18.5. The lowest BCUT2D eigenvalue weighted by Crippen LogP contribution is -2.46. The summed E-state index contributed by atoms with van der Waals surface area (Å²) in [5, 5.41) is 4.57. The average molecular weight is 562 g/mol. The molecule has 0 unspecified atom stereocenters. The molecular weight excluding hydrogens is 522 g/mol. The predicted molar refractivity (Wildman–Crippen MR) is 163 cm³/mol. The first kappa shape index (κ1) is 28.2. The molecule has 212 valence electrons. The number of thiophene rings is 1. The topological polar surface area (TPSA) is 64.1 Å². The number of unbranched alkanes of at least 4 members (excludes halogenated alkanes) is 3. The molecule has 1 aliphatic rings. The minimum atomic E-state index is -0.237. The zero-order chi connectivity index (χ0) is 27.6. The highest BCUT2D eigenvalue weighted by atomic mass is 32.1. The molecule has 0 atom stereocenters. The van der Waals surface area contributed by atoms with Crippen LogP contribution in [-0.2, 0) is 9.53 Å². The molecule has 7 nitrogen and oxygen atoms in total. The highest BCUT2D eigenvalue weighted by molar-refractivity contribution is 7.17. The number of fused-ring (bicyclic) bond motifs is 2. The monoisotopic (exact) mass is 561 g/mol. The van der Waals surface area contributed by atoms with Crippen molar-refractivity contribution in [1.82, 2.24) is 9.88 Å². The van der Waals surface area contributed by atoms with E-state index in [2.05, 4.69) is 51.4 Å². The van der Waals surface area contributed by atoms with Crippen LogP contribution in [0.3, 0.4) is 0 Å². The Balaban J connectivity index is 1.00. The fraction of sp³-hybridized carbons (Fsp3) is 0.438. The normalized spacial score (nSPS) is 14.1. The number of esters is 1. The zero-order valence-corrected chi connectivity index (χ0v) is 24.2. The molecule has 1 aliphatic heterocycles. The third kappa shape index (κ3) is 7.64. The van der Waals surface area contributed by atoms with Crippen LogP contribution in [-0.4, -0.2) is 62.0 Å². The molecular formula is C32H39N3O4S. The summed E-state index contributed by atoms with van der Waals surface area (Å²) in [7, 11) is 0. The van der Waals surface area contributed by atoms with E-state index < -0.39 is 0 Å². The largest absolute Gasteiger partial charge is 0.494 e. The lowest BCUT2D eigenvalue weighted by molar-refractivity contribution is -0.150. The number of rotatable bonds is 14. The number of pyridine rings is 1. The molecule has 0 N–H and O–H groups in total. The number of benzene rings is 2. The van der Waals surface area contributed by atoms with Gasteiger partial charge in [0.15, 0.2) is 0 Å². The Morgan fingerprint density at radius 2 is 1.82 bits per heavy atom. The first-order valence-corrected chi connectivity index (χ1v) is 15.3. The van der Waals surface area contributed by atoms with Crippen molar-refractivity contribution in [2.24, 2.45) is 0 Å². The minimum absolute atomic E-state index is 0.126. The zero-order valence-electron chi connectivity index (χ0n) is 23.3. The van der Waals surface area contributed by atoms with Gasteiger partial charge in [-0.3, -0.25) is 9.69 Å². The van der Waals surface area contributed by atoms with E-state index in [1.165, 1.54) is 15.8 Å². The maximum atomic E-state index is 11.8. The van der Waals surface area contributed by atoms with Gasteiger partial charge in [-0.1, -0.05) is 25.8 Å². The standard InChI is InChI=1S/C32H39N3O4S/c1-2-3-4-10-32(36)39-24-38-31-14-12-25-11-13-26(23-28(25)33-31)37-21-6-5-16-34-17-19-35(20-18-34)29-8-7-9-30-27(29)15-22-40-30/h7-9,11-15,22-23H,2-6,10,16-21,24H2,1H3. The Morgan fingerprint density at radius 3 is 2.70 bits per heavy atom. The second kappa shape index (κ2) is 14.3. The molecule has 2 aromatic carbocycles. The van der Waals surface area contributed by atoms with Gasteiger partial charge in [0.05, 0.1) is 12.1 Å². The molecule has 0 saturated carbocycles. The van der Waals surface area contributed by atoms with Crippen LogP contribution in [0.5, 0.6) is 11.6 Å². The van der Waals surface area contributed by atoms with Crippen LogP contribution in [0, 0.1) is 0 Å². The number of aromatic nitrogens is 1. The van der Waals surface area contributed by atoms with E-state index in [0.29, 0.717) is 18.9 Å². The molecule has 0 bridgehead atoms. The lowest BCUT2D eigenvalue weighted by Gasteiger charge is -2.36. The molecule has 0 radical (unpaired) electrons. The van der Waals surface area contributed by atoms with Gasteiger partial charge in [0.2, 0.25) is 12.7 Å². The Hall–Kier alpha value is -3.36. The summed E-state index contributed by atoms with van der Waals surface area (Å²) >= 11 is 1.81. The smallest absolute Gasteiger partial charge is 0.308 e. The highest BCUT2D eigenvalue weighted by Crippen LogP contribution is 2.31. The summed E-state index contributed by atoms with van der Waals surface area (Å²) < 4.78 is 18.1. The van der Waals surface area contributed by atoms with E-state index in [1.807, 2.05) is 35.6 Å². The Kier molecular flexibility index (Phi) is 10.1. The van der Waals surface area contributed by atoms with Crippen molar-refractivity contribution in [3.63, 3.8) is 0 Å². The van der Waals surface area contributed by atoms with Crippen LogP contribution in [0.15, 0.2) is 60.0 Å². The van der Waals surface area contributed by atoms with Crippen molar-refractivity contribution in [3.05, 3.63) is 60.0 Å². The molecule has 2 aromatic heterocycles. The fourth-order valence-electron chi connectivity index (χ4n) is 5.09. The second-order valence-electron chi connectivity index (χ2n) is 10.2. The summed E-state index contributed by atoms with van der Waals surface area (Å²) in [5.74, 6) is 0.994. The molecule has 0 spiro atoms. The number of piperazine rings is 1. The van der Waals surface area contributed by atoms with Gasteiger partial charge in [-0.05, 0) is 67.6 Å². The first-order valence-electron chi connectivity index (χ1n) is 14.4. The molecule has 5 rings (SSSR count). The van der Waals surface area contributed by atoms with E-state index >= 15 is 0 Å². The summed E-state index contributed by atoms with van der Waals surface area (Å²) in [4.78, 5) is 21.4. The minimum Gasteiger partial charge on any atom is -0.494 e. The summed E-state index contributed by atoms with van der Waals surface area (Å²) in [5.41, 5.74) is 2.16. The van der Waals surface area contributed by atoms with E-state index in [1.54, 1.807) is 6.07 Å². The van der Waals surface area contributed by atoms with Crippen LogP contribution >= 0.6 is 11.3 Å². The molecule has 1 saturated heterocycles. The van der Waals surface area contributed by atoms with Crippen molar-refractivity contribution in [1.29, 1.82) is 0 Å². The van der Waals surface area contributed by atoms with Crippen LogP contribution in [0.2, 0.25) is 0 Å². The SMILES string of the molecule is CCCCCC(=O)OCOc1ccc2ccc(OCCCCN3CCN(c4cccc5sccc45)CC3)cc2n1. The van der Waals surface area contributed by atoms with Gasteiger partial charge in [0.1, 0.15) is 5.75 Å². The van der Waals surface area contributed by atoms with Crippen LogP contribution in [0.25, 0.3) is 21.0 Å². The second-order valence-corrected chi connectivity index (χ2v) is 11.2. The molecule has 3 heterocycles. The third-order valence-corrected chi connectivity index (χ3v) is 8.25. The van der Waals surface area contributed by atoms with E-state index in [-0.39, 0.29) is 12.8 Å². The van der Waals surface area contributed by atoms with Gasteiger partial charge >= 0.3 is 5.97 Å². The quantitative estimate of drug-likeness (QED) is 0.0944. The van der Waals surface area contributed by atoms with Gasteiger partial charge in [0, 0.05) is 65.9 Å². The Bertz CT molecular complexity index is 1380. The number of hydrogen-bond donors (Lipinski definition) is 0. The van der Waals surface area contributed by atoms with E-state index in [9.17, 15) is 4.79 Å². The van der Waals surface area contributed by atoms with Crippen molar-refractivity contribution < 1.29 is 19.0 Å². The Morgan fingerprint density at radius 1 is 0.950 bits per heavy atom. The van der Waals surface area contributed by atoms with Gasteiger partial charge in [-0.25, -0.2) is 4.98 Å². The molecule has 40 heavy (non-hydrogen) atoms. The molecule has 0 amide bonds. The van der Waals surface area contributed by atoms with Crippen LogP contribution < -0.4 is 14.4 Å². The first-order chi connectivity index (χ1) is 19.7. The Labute approximate surface area is 240 Å². The number of anilines is 1. The van der Waals surface area contributed by atoms with Crippen molar-refractivity contribution in [2.75, 3.05) is 51.0 Å². The van der Waals surface area contributed by atoms with Gasteiger partial charge in [-0.2, -0.15) is 0 Å². The van der Waals surface area contributed by atoms with Gasteiger partial charge < -0.3 is 19.1 Å². The maximum absolute atomic E-state index is 11.8. The summed E-state index contributed by atoms with van der Waals surface area (Å²) in [6.45, 7) is 8.09. The highest BCUT2D eigenvalue weighted by Gasteiger charge is 2.18. The number of ether oxygens (including phenoxy) is 3. The van der Waals surface area contributed by atoms with Crippen LogP contribution in [0.1, 0.15) is 45.4 Å². The molecule has 1 fully saturated rings. The molecule has 4 aromatic rings. The number of carbonyl (C=O) groups excluding carboxylic acids is 1. The molecule has 8 heteroatoms.